The first-order chi connectivity index (χ1) is 8.15. The predicted molar refractivity (Wildman–Crippen MR) is 68.1 cm³/mol. The van der Waals surface area contributed by atoms with Crippen LogP contribution in [-0.4, -0.2) is 4.92 Å². The van der Waals surface area contributed by atoms with Crippen molar-refractivity contribution in [3.63, 3.8) is 0 Å². The van der Waals surface area contributed by atoms with E-state index in [1.165, 1.54) is 12.0 Å². The van der Waals surface area contributed by atoms with E-state index in [0.29, 0.717) is 5.69 Å². The highest BCUT2D eigenvalue weighted by Crippen LogP contribution is 2.36. The number of aryl methyl sites for hydroxylation is 1. The molecular weight excluding hydrogens is 216 g/mol. The van der Waals surface area contributed by atoms with Gasteiger partial charge in [0.1, 0.15) is 5.69 Å². The maximum absolute atomic E-state index is 11.0. The zero-order chi connectivity index (χ0) is 12.4. The Morgan fingerprint density at radius 3 is 2.59 bits per heavy atom. The zero-order valence-corrected chi connectivity index (χ0v) is 10.2. The van der Waals surface area contributed by atoms with Crippen LogP contribution in [0.2, 0.25) is 0 Å². The summed E-state index contributed by atoms with van der Waals surface area (Å²) in [5.74, 6) is 0. The van der Waals surface area contributed by atoms with Crippen LogP contribution in [0, 0.1) is 10.1 Å². The Bertz CT molecular complexity index is 455. The number of nitrogen functional groups attached to an aromatic ring is 1. The lowest BCUT2D eigenvalue weighted by Gasteiger charge is -2.21. The van der Waals surface area contributed by atoms with E-state index in [4.69, 9.17) is 5.73 Å². The topological polar surface area (TPSA) is 69.2 Å². The molecule has 0 fully saturated rings. The Balaban J connectivity index is 2.59. The molecule has 92 valence electrons. The molecule has 1 aliphatic carbocycles. The molecule has 0 amide bonds. The van der Waals surface area contributed by atoms with Gasteiger partial charge in [-0.2, -0.15) is 0 Å². The number of nitro benzene ring substituents is 1. The average molecular weight is 234 g/mol. The third-order valence-electron chi connectivity index (χ3n) is 3.48. The van der Waals surface area contributed by atoms with E-state index in [2.05, 4.69) is 6.92 Å². The molecule has 1 aromatic carbocycles. The summed E-state index contributed by atoms with van der Waals surface area (Å²) < 4.78 is 0. The molecule has 17 heavy (non-hydrogen) atoms. The Labute approximate surface area is 101 Å². The number of nitrogens with two attached hydrogens (primary N) is 1. The van der Waals surface area contributed by atoms with Crippen molar-refractivity contribution in [1.29, 1.82) is 0 Å². The molecule has 0 heterocycles. The Morgan fingerprint density at radius 1 is 1.35 bits per heavy atom. The summed E-state index contributed by atoms with van der Waals surface area (Å²) in [6, 6.07) is 1.68. The second kappa shape index (κ2) is 4.73. The zero-order valence-electron chi connectivity index (χ0n) is 10.2. The van der Waals surface area contributed by atoms with E-state index in [-0.39, 0.29) is 10.6 Å². The van der Waals surface area contributed by atoms with Crippen LogP contribution < -0.4 is 5.73 Å². The lowest BCUT2D eigenvalue weighted by molar-refractivity contribution is -0.384. The first-order valence-electron chi connectivity index (χ1n) is 6.22. The number of rotatable bonds is 3. The summed E-state index contributed by atoms with van der Waals surface area (Å²) in [4.78, 5) is 10.6. The Hall–Kier alpha value is -1.58. The van der Waals surface area contributed by atoms with Gasteiger partial charge in [-0.15, -0.1) is 0 Å². The normalized spacial score (nSPS) is 14.4. The van der Waals surface area contributed by atoms with Gasteiger partial charge in [0.05, 0.1) is 4.92 Å². The molecule has 4 nitrogen and oxygen atoms in total. The van der Waals surface area contributed by atoms with Gasteiger partial charge in [0.25, 0.3) is 5.69 Å². The number of nitrogens with zero attached hydrogens (tertiary/aromatic N) is 1. The molecule has 0 aliphatic heterocycles. The number of anilines is 1. The molecule has 0 aromatic heterocycles. The van der Waals surface area contributed by atoms with E-state index in [0.717, 1.165) is 43.2 Å². The summed E-state index contributed by atoms with van der Waals surface area (Å²) in [7, 11) is 0. The maximum atomic E-state index is 11.0. The van der Waals surface area contributed by atoms with Crippen LogP contribution in [0.25, 0.3) is 0 Å². The first-order valence-corrected chi connectivity index (χ1v) is 6.22. The van der Waals surface area contributed by atoms with Gasteiger partial charge in [0, 0.05) is 6.07 Å². The lowest BCUT2D eigenvalue weighted by Crippen LogP contribution is -2.12. The summed E-state index contributed by atoms with van der Waals surface area (Å²) in [5, 5.41) is 11.0. The van der Waals surface area contributed by atoms with Crippen molar-refractivity contribution in [2.75, 3.05) is 5.73 Å². The SMILES string of the molecule is CCCc1cc([N+](=O)[O-])c(N)c2c1CCCC2. The van der Waals surface area contributed by atoms with Crippen LogP contribution in [0.1, 0.15) is 42.9 Å². The average Bonchev–Trinajstić information content (AvgIpc) is 2.33. The van der Waals surface area contributed by atoms with Crippen molar-refractivity contribution < 1.29 is 4.92 Å². The van der Waals surface area contributed by atoms with Gasteiger partial charge in [-0.25, -0.2) is 0 Å². The van der Waals surface area contributed by atoms with Crippen LogP contribution >= 0.6 is 0 Å². The minimum absolute atomic E-state index is 0.0918. The van der Waals surface area contributed by atoms with E-state index >= 15 is 0 Å². The molecule has 0 bridgehead atoms. The predicted octanol–water partition coefficient (Wildman–Crippen LogP) is 3.01. The lowest BCUT2D eigenvalue weighted by atomic mass is 9.85. The fourth-order valence-electron chi connectivity index (χ4n) is 2.68. The molecule has 2 N–H and O–H groups in total. The molecule has 0 saturated heterocycles. The largest absolute Gasteiger partial charge is 0.393 e. The smallest absolute Gasteiger partial charge is 0.292 e. The van der Waals surface area contributed by atoms with Crippen molar-refractivity contribution in [2.45, 2.75) is 45.4 Å². The van der Waals surface area contributed by atoms with Crippen molar-refractivity contribution in [3.05, 3.63) is 32.9 Å². The standard InChI is InChI=1S/C13H18N2O2/c1-2-5-9-8-12(15(16)17)13(14)11-7-4-3-6-10(9)11/h8H,2-7,14H2,1H3. The van der Waals surface area contributed by atoms with E-state index in [9.17, 15) is 10.1 Å². The van der Waals surface area contributed by atoms with E-state index in [1.54, 1.807) is 6.07 Å². The van der Waals surface area contributed by atoms with Crippen molar-refractivity contribution in [3.8, 4) is 0 Å². The third-order valence-corrected chi connectivity index (χ3v) is 3.48. The highest BCUT2D eigenvalue weighted by molar-refractivity contribution is 5.68. The highest BCUT2D eigenvalue weighted by atomic mass is 16.6. The maximum Gasteiger partial charge on any atom is 0.292 e. The van der Waals surface area contributed by atoms with Crippen LogP contribution in [-0.2, 0) is 19.3 Å². The van der Waals surface area contributed by atoms with Crippen molar-refractivity contribution in [2.24, 2.45) is 0 Å². The van der Waals surface area contributed by atoms with Crippen LogP contribution in [0.3, 0.4) is 0 Å². The van der Waals surface area contributed by atoms with Gasteiger partial charge in [0.15, 0.2) is 0 Å². The number of nitro groups is 1. The second-order valence-corrected chi connectivity index (χ2v) is 4.64. The first kappa shape index (κ1) is 11.9. The van der Waals surface area contributed by atoms with Crippen LogP contribution in [0.5, 0.6) is 0 Å². The number of hydrogen-bond donors (Lipinski definition) is 1. The van der Waals surface area contributed by atoms with Gasteiger partial charge < -0.3 is 5.73 Å². The van der Waals surface area contributed by atoms with Crippen LogP contribution in [0.4, 0.5) is 11.4 Å². The molecule has 0 radical (unpaired) electrons. The second-order valence-electron chi connectivity index (χ2n) is 4.64. The Morgan fingerprint density at radius 2 is 2.00 bits per heavy atom. The summed E-state index contributed by atoms with van der Waals surface area (Å²) in [6.45, 7) is 2.09. The van der Waals surface area contributed by atoms with Gasteiger partial charge in [0.2, 0.25) is 0 Å². The van der Waals surface area contributed by atoms with Crippen molar-refractivity contribution in [1.82, 2.24) is 0 Å². The summed E-state index contributed by atoms with van der Waals surface area (Å²) >= 11 is 0. The summed E-state index contributed by atoms with van der Waals surface area (Å²) in [5.41, 5.74) is 9.86. The summed E-state index contributed by atoms with van der Waals surface area (Å²) in [6.07, 6.45) is 6.08. The molecular formula is C13H18N2O2. The third kappa shape index (κ3) is 2.12. The van der Waals surface area contributed by atoms with Gasteiger partial charge in [-0.1, -0.05) is 13.3 Å². The minimum atomic E-state index is -0.358. The molecule has 0 unspecified atom stereocenters. The van der Waals surface area contributed by atoms with Crippen LogP contribution in [0.15, 0.2) is 6.07 Å². The fraction of sp³-hybridized carbons (Fsp3) is 0.538. The van der Waals surface area contributed by atoms with Gasteiger partial charge in [-0.05, 0) is 48.8 Å². The van der Waals surface area contributed by atoms with Gasteiger partial charge >= 0.3 is 0 Å². The monoisotopic (exact) mass is 234 g/mol. The molecule has 0 spiro atoms. The van der Waals surface area contributed by atoms with Crippen molar-refractivity contribution >= 4 is 11.4 Å². The number of hydrogen-bond acceptors (Lipinski definition) is 3. The fourth-order valence-corrected chi connectivity index (χ4v) is 2.68. The molecule has 1 aliphatic rings. The number of benzene rings is 1. The molecule has 4 heteroatoms. The van der Waals surface area contributed by atoms with E-state index in [1.807, 2.05) is 0 Å². The van der Waals surface area contributed by atoms with Gasteiger partial charge in [-0.3, -0.25) is 10.1 Å². The Kier molecular flexibility index (Phi) is 3.31. The minimum Gasteiger partial charge on any atom is -0.393 e. The molecule has 0 atom stereocenters. The number of fused-ring (bicyclic) bond motifs is 1. The van der Waals surface area contributed by atoms with E-state index < -0.39 is 0 Å². The molecule has 1 aromatic rings. The quantitative estimate of drug-likeness (QED) is 0.496. The molecule has 0 saturated carbocycles. The molecule has 2 rings (SSSR count). The highest BCUT2D eigenvalue weighted by Gasteiger charge is 2.23.